The Morgan fingerprint density at radius 2 is 1.90 bits per heavy atom. The zero-order valence-electron chi connectivity index (χ0n) is 13.3. The van der Waals surface area contributed by atoms with Gasteiger partial charge in [0.15, 0.2) is 0 Å². The molecule has 4 heteroatoms. The first-order valence-corrected chi connectivity index (χ1v) is 8.40. The minimum Gasteiger partial charge on any atom is -0.367 e. The summed E-state index contributed by atoms with van der Waals surface area (Å²) >= 11 is 1.75. The average Bonchev–Trinajstić information content (AvgIpc) is 2.78. The molecule has 2 heterocycles. The van der Waals surface area contributed by atoms with Crippen molar-refractivity contribution in [3.63, 3.8) is 0 Å². The zero-order chi connectivity index (χ0) is 15.0. The number of hydrogen-bond acceptors (Lipinski definition) is 4. The number of morpholine rings is 1. The number of ether oxygens (including phenoxy) is 1. The second-order valence-corrected chi connectivity index (χ2v) is 7.88. The van der Waals surface area contributed by atoms with Crippen molar-refractivity contribution >= 4 is 11.3 Å². The quantitative estimate of drug-likeness (QED) is 0.925. The van der Waals surface area contributed by atoms with E-state index in [2.05, 4.69) is 56.3 Å². The van der Waals surface area contributed by atoms with Gasteiger partial charge in [-0.15, -0.1) is 0 Å². The average molecular weight is 296 g/mol. The standard InChI is InChI=1S/C16H28N2OS/c1-6-13(17)14(12-7-8-20-9-12)18-10-15(2,3)19-16(4,5)11-18/h7-9,13-14H,6,10-11,17H2,1-5H3. The molecule has 0 aromatic carbocycles. The molecule has 0 radical (unpaired) electrons. The molecular weight excluding hydrogens is 268 g/mol. The molecule has 1 aromatic heterocycles. The number of thiophene rings is 1. The van der Waals surface area contributed by atoms with Crippen LogP contribution in [0.25, 0.3) is 0 Å². The Morgan fingerprint density at radius 3 is 2.35 bits per heavy atom. The zero-order valence-corrected chi connectivity index (χ0v) is 14.2. The number of nitrogens with two attached hydrogens (primary N) is 1. The molecule has 2 N–H and O–H groups in total. The second kappa shape index (κ2) is 5.76. The summed E-state index contributed by atoms with van der Waals surface area (Å²) in [6.45, 7) is 12.7. The predicted molar refractivity (Wildman–Crippen MR) is 86.1 cm³/mol. The van der Waals surface area contributed by atoms with E-state index in [1.165, 1.54) is 5.56 Å². The Balaban J connectivity index is 2.29. The maximum absolute atomic E-state index is 6.44. The molecular formula is C16H28N2OS. The van der Waals surface area contributed by atoms with Gasteiger partial charge in [0.05, 0.1) is 17.2 Å². The molecule has 1 aliphatic rings. The van der Waals surface area contributed by atoms with E-state index >= 15 is 0 Å². The third-order valence-electron chi connectivity index (χ3n) is 3.88. The van der Waals surface area contributed by atoms with Crippen molar-refractivity contribution in [2.75, 3.05) is 13.1 Å². The van der Waals surface area contributed by atoms with Gasteiger partial charge in [0.1, 0.15) is 0 Å². The fourth-order valence-electron chi connectivity index (χ4n) is 3.44. The van der Waals surface area contributed by atoms with Gasteiger partial charge in [0.25, 0.3) is 0 Å². The van der Waals surface area contributed by atoms with Crippen LogP contribution in [0.15, 0.2) is 16.8 Å². The van der Waals surface area contributed by atoms with E-state index in [1.807, 2.05) is 0 Å². The molecule has 0 bridgehead atoms. The molecule has 2 atom stereocenters. The molecule has 0 aliphatic carbocycles. The highest BCUT2D eigenvalue weighted by atomic mass is 32.1. The number of nitrogens with zero attached hydrogens (tertiary/aromatic N) is 1. The lowest BCUT2D eigenvalue weighted by atomic mass is 9.92. The largest absolute Gasteiger partial charge is 0.367 e. The lowest BCUT2D eigenvalue weighted by Gasteiger charge is -2.50. The Morgan fingerprint density at radius 1 is 1.30 bits per heavy atom. The first-order valence-electron chi connectivity index (χ1n) is 7.46. The maximum atomic E-state index is 6.44. The molecule has 0 saturated carbocycles. The summed E-state index contributed by atoms with van der Waals surface area (Å²) in [7, 11) is 0. The van der Waals surface area contributed by atoms with Gasteiger partial charge in [0, 0.05) is 19.1 Å². The molecule has 20 heavy (non-hydrogen) atoms. The Kier molecular flexibility index (Phi) is 4.59. The lowest BCUT2D eigenvalue weighted by molar-refractivity contribution is -0.189. The third kappa shape index (κ3) is 3.61. The Labute approximate surface area is 127 Å². The van der Waals surface area contributed by atoms with E-state index in [1.54, 1.807) is 11.3 Å². The van der Waals surface area contributed by atoms with Gasteiger partial charge in [-0.3, -0.25) is 4.90 Å². The maximum Gasteiger partial charge on any atom is 0.0761 e. The van der Waals surface area contributed by atoms with Crippen molar-refractivity contribution in [3.05, 3.63) is 22.4 Å². The third-order valence-corrected chi connectivity index (χ3v) is 4.58. The van der Waals surface area contributed by atoms with Crippen LogP contribution in [0.2, 0.25) is 0 Å². The van der Waals surface area contributed by atoms with Crippen LogP contribution in [-0.4, -0.2) is 35.2 Å². The first-order chi connectivity index (χ1) is 9.24. The molecule has 3 nitrogen and oxygen atoms in total. The summed E-state index contributed by atoms with van der Waals surface area (Å²) in [6.07, 6.45) is 0.985. The van der Waals surface area contributed by atoms with Crippen molar-refractivity contribution in [2.24, 2.45) is 5.73 Å². The summed E-state index contributed by atoms with van der Waals surface area (Å²) in [5.41, 5.74) is 7.51. The van der Waals surface area contributed by atoms with Crippen molar-refractivity contribution in [3.8, 4) is 0 Å². The normalized spacial score (nSPS) is 25.3. The topological polar surface area (TPSA) is 38.5 Å². The van der Waals surface area contributed by atoms with E-state index in [-0.39, 0.29) is 23.3 Å². The fraction of sp³-hybridized carbons (Fsp3) is 0.750. The molecule has 1 aliphatic heterocycles. The smallest absolute Gasteiger partial charge is 0.0761 e. The van der Waals surface area contributed by atoms with Crippen LogP contribution in [0.4, 0.5) is 0 Å². The van der Waals surface area contributed by atoms with E-state index in [9.17, 15) is 0 Å². The highest BCUT2D eigenvalue weighted by Crippen LogP contribution is 2.35. The minimum absolute atomic E-state index is 0.135. The molecule has 0 spiro atoms. The van der Waals surface area contributed by atoms with Crippen molar-refractivity contribution < 1.29 is 4.74 Å². The van der Waals surface area contributed by atoms with Crippen LogP contribution >= 0.6 is 11.3 Å². The van der Waals surface area contributed by atoms with Crippen molar-refractivity contribution in [1.82, 2.24) is 4.90 Å². The molecule has 2 unspecified atom stereocenters. The van der Waals surface area contributed by atoms with Crippen LogP contribution < -0.4 is 5.73 Å². The lowest BCUT2D eigenvalue weighted by Crippen LogP contribution is -2.59. The Bertz CT molecular complexity index is 412. The van der Waals surface area contributed by atoms with E-state index in [0.717, 1.165) is 19.5 Å². The van der Waals surface area contributed by atoms with Gasteiger partial charge in [-0.25, -0.2) is 0 Å². The first kappa shape index (κ1) is 16.0. The summed E-state index contributed by atoms with van der Waals surface area (Å²) in [5.74, 6) is 0. The van der Waals surface area contributed by atoms with Crippen molar-refractivity contribution in [1.29, 1.82) is 0 Å². The van der Waals surface area contributed by atoms with Gasteiger partial charge in [-0.2, -0.15) is 11.3 Å². The molecule has 114 valence electrons. The second-order valence-electron chi connectivity index (χ2n) is 7.10. The highest BCUT2D eigenvalue weighted by molar-refractivity contribution is 7.07. The van der Waals surface area contributed by atoms with Crippen LogP contribution in [0.3, 0.4) is 0 Å². The van der Waals surface area contributed by atoms with Crippen LogP contribution in [0.5, 0.6) is 0 Å². The number of hydrogen-bond donors (Lipinski definition) is 1. The van der Waals surface area contributed by atoms with Crippen LogP contribution in [0.1, 0.15) is 52.6 Å². The summed E-state index contributed by atoms with van der Waals surface area (Å²) in [6, 6.07) is 2.66. The highest BCUT2D eigenvalue weighted by Gasteiger charge is 2.42. The molecule has 1 saturated heterocycles. The summed E-state index contributed by atoms with van der Waals surface area (Å²) in [4.78, 5) is 2.51. The monoisotopic (exact) mass is 296 g/mol. The van der Waals surface area contributed by atoms with Gasteiger partial charge in [-0.1, -0.05) is 6.92 Å². The Hall–Kier alpha value is -0.420. The van der Waals surface area contributed by atoms with E-state index in [0.29, 0.717) is 0 Å². The number of rotatable bonds is 4. The van der Waals surface area contributed by atoms with Crippen LogP contribution in [-0.2, 0) is 4.74 Å². The fourth-order valence-corrected chi connectivity index (χ4v) is 4.13. The minimum atomic E-state index is -0.135. The SMILES string of the molecule is CCC(N)C(c1ccsc1)N1CC(C)(C)OC(C)(C)C1. The van der Waals surface area contributed by atoms with Gasteiger partial charge in [0.2, 0.25) is 0 Å². The molecule has 1 aromatic rings. The van der Waals surface area contributed by atoms with Gasteiger partial charge >= 0.3 is 0 Å². The molecule has 2 rings (SSSR count). The van der Waals surface area contributed by atoms with Crippen molar-refractivity contribution in [2.45, 2.75) is 64.3 Å². The summed E-state index contributed by atoms with van der Waals surface area (Å²) in [5, 5.41) is 4.37. The van der Waals surface area contributed by atoms with Crippen LogP contribution in [0, 0.1) is 0 Å². The van der Waals surface area contributed by atoms with Gasteiger partial charge < -0.3 is 10.5 Å². The predicted octanol–water partition coefficient (Wildman–Crippen LogP) is 3.42. The van der Waals surface area contributed by atoms with E-state index < -0.39 is 0 Å². The summed E-state index contributed by atoms with van der Waals surface area (Å²) < 4.78 is 6.19. The molecule has 0 amide bonds. The van der Waals surface area contributed by atoms with E-state index in [4.69, 9.17) is 10.5 Å². The van der Waals surface area contributed by atoms with Gasteiger partial charge in [-0.05, 0) is 56.5 Å². The molecule has 1 fully saturated rings.